The number of fused-ring (bicyclic) bond motifs is 1. The predicted octanol–water partition coefficient (Wildman–Crippen LogP) is 1.82. The van der Waals surface area contributed by atoms with Gasteiger partial charge in [-0.2, -0.15) is 5.10 Å². The number of morpholine rings is 1. The van der Waals surface area contributed by atoms with Crippen LogP contribution >= 0.6 is 0 Å². The van der Waals surface area contributed by atoms with Crippen LogP contribution in [-0.4, -0.2) is 63.8 Å². The topological polar surface area (TPSA) is 74.4 Å². The average molecular weight is 397 g/mol. The third kappa shape index (κ3) is 4.49. The Hall–Kier alpha value is -2.71. The van der Waals surface area contributed by atoms with Crippen molar-refractivity contribution >= 4 is 11.0 Å². The zero-order chi connectivity index (χ0) is 20.1. The molecule has 0 radical (unpaired) electrons. The summed E-state index contributed by atoms with van der Waals surface area (Å²) in [6.07, 6.45) is 4.64. The summed E-state index contributed by atoms with van der Waals surface area (Å²) < 4.78 is 8.34. The second-order valence-corrected chi connectivity index (χ2v) is 7.24. The Bertz CT molecular complexity index is 993. The molecule has 29 heavy (non-hydrogen) atoms. The van der Waals surface area contributed by atoms with E-state index in [1.165, 1.54) is 4.73 Å². The van der Waals surface area contributed by atoms with Crippen LogP contribution in [0.5, 0.6) is 0 Å². The van der Waals surface area contributed by atoms with E-state index in [0.29, 0.717) is 23.5 Å². The van der Waals surface area contributed by atoms with E-state index in [0.717, 1.165) is 57.8 Å². The molecule has 8 nitrogen and oxygen atoms in total. The van der Waals surface area contributed by atoms with Crippen molar-refractivity contribution in [2.24, 2.45) is 0 Å². The minimum atomic E-state index is -0.219. The van der Waals surface area contributed by atoms with E-state index in [1.54, 1.807) is 17.8 Å². The third-order valence-corrected chi connectivity index (χ3v) is 5.16. The Labute approximate surface area is 169 Å². The molecule has 1 saturated heterocycles. The standard InChI is InChI=1S/C21H27N5O3/c1-17-23-20-19(16-22-25(20)18-8-4-2-5-9-18)21(27)26(17)29-13-7-3-6-10-24-11-14-28-15-12-24/h2,4-5,8-9,16H,3,6-7,10-15H2,1H3. The molecule has 4 rings (SSSR count). The van der Waals surface area contributed by atoms with Crippen molar-refractivity contribution in [3.05, 3.63) is 52.7 Å². The first kappa shape index (κ1) is 19.6. The molecule has 154 valence electrons. The largest absolute Gasteiger partial charge is 0.409 e. The number of ether oxygens (including phenoxy) is 1. The lowest BCUT2D eigenvalue weighted by Gasteiger charge is -2.26. The summed E-state index contributed by atoms with van der Waals surface area (Å²) in [6, 6.07) is 9.67. The monoisotopic (exact) mass is 397 g/mol. The van der Waals surface area contributed by atoms with E-state index in [4.69, 9.17) is 9.57 Å². The molecule has 0 atom stereocenters. The van der Waals surface area contributed by atoms with Gasteiger partial charge in [0, 0.05) is 13.1 Å². The SMILES string of the molecule is Cc1nc2c(cnn2-c2ccccc2)c(=O)n1OCCCCCN1CCOCC1. The average Bonchev–Trinajstić information content (AvgIpc) is 3.18. The minimum Gasteiger partial charge on any atom is -0.409 e. The van der Waals surface area contributed by atoms with Crippen molar-refractivity contribution in [1.82, 2.24) is 24.4 Å². The van der Waals surface area contributed by atoms with E-state index >= 15 is 0 Å². The molecule has 3 aromatic rings. The molecule has 0 aliphatic carbocycles. The summed E-state index contributed by atoms with van der Waals surface area (Å²) in [6.45, 7) is 7.07. The van der Waals surface area contributed by atoms with E-state index in [1.807, 2.05) is 30.3 Å². The van der Waals surface area contributed by atoms with Crippen molar-refractivity contribution in [2.75, 3.05) is 39.5 Å². The Morgan fingerprint density at radius 1 is 1.10 bits per heavy atom. The Morgan fingerprint density at radius 2 is 1.90 bits per heavy atom. The molecule has 1 aromatic carbocycles. The van der Waals surface area contributed by atoms with Gasteiger partial charge in [-0.3, -0.25) is 9.69 Å². The van der Waals surface area contributed by atoms with E-state index in [2.05, 4.69) is 15.0 Å². The molecule has 0 bridgehead atoms. The number of aryl methyl sites for hydroxylation is 1. The maximum Gasteiger partial charge on any atom is 0.297 e. The van der Waals surface area contributed by atoms with Crippen LogP contribution in [0.3, 0.4) is 0 Å². The molecular formula is C21H27N5O3. The normalized spacial score (nSPS) is 15.1. The molecule has 3 heterocycles. The summed E-state index contributed by atoms with van der Waals surface area (Å²) >= 11 is 0. The molecule has 0 unspecified atom stereocenters. The quantitative estimate of drug-likeness (QED) is 0.540. The Kier molecular flexibility index (Phi) is 6.21. The molecule has 1 fully saturated rings. The molecule has 0 N–H and O–H groups in total. The third-order valence-electron chi connectivity index (χ3n) is 5.16. The van der Waals surface area contributed by atoms with Crippen molar-refractivity contribution in [3.8, 4) is 5.69 Å². The lowest BCUT2D eigenvalue weighted by atomic mass is 10.2. The summed E-state index contributed by atoms with van der Waals surface area (Å²) in [5.74, 6) is 0.522. The first-order chi connectivity index (χ1) is 14.2. The highest BCUT2D eigenvalue weighted by molar-refractivity contribution is 5.75. The Morgan fingerprint density at radius 3 is 2.69 bits per heavy atom. The van der Waals surface area contributed by atoms with E-state index < -0.39 is 0 Å². The van der Waals surface area contributed by atoms with Crippen molar-refractivity contribution in [3.63, 3.8) is 0 Å². The van der Waals surface area contributed by atoms with E-state index in [9.17, 15) is 4.79 Å². The first-order valence-corrected chi connectivity index (χ1v) is 10.2. The van der Waals surface area contributed by atoms with Gasteiger partial charge in [-0.15, -0.1) is 4.73 Å². The van der Waals surface area contributed by atoms with Crippen LogP contribution in [0.25, 0.3) is 16.7 Å². The summed E-state index contributed by atoms with van der Waals surface area (Å²) in [5, 5.41) is 4.80. The summed E-state index contributed by atoms with van der Waals surface area (Å²) in [5.41, 5.74) is 1.19. The number of rotatable bonds is 8. The maximum atomic E-state index is 12.8. The number of hydrogen-bond acceptors (Lipinski definition) is 6. The van der Waals surface area contributed by atoms with Gasteiger partial charge >= 0.3 is 0 Å². The van der Waals surface area contributed by atoms with E-state index in [-0.39, 0.29) is 5.56 Å². The van der Waals surface area contributed by atoms with Crippen LogP contribution in [0, 0.1) is 6.92 Å². The fourth-order valence-corrected chi connectivity index (χ4v) is 3.56. The first-order valence-electron chi connectivity index (χ1n) is 10.2. The van der Waals surface area contributed by atoms with Gasteiger partial charge in [0.05, 0.1) is 25.1 Å². The molecular weight excluding hydrogens is 370 g/mol. The number of nitrogens with zero attached hydrogens (tertiary/aromatic N) is 5. The predicted molar refractivity (Wildman–Crippen MR) is 110 cm³/mol. The van der Waals surface area contributed by atoms with Crippen LogP contribution in [-0.2, 0) is 4.74 Å². The van der Waals surface area contributed by atoms with Crippen molar-refractivity contribution < 1.29 is 9.57 Å². The highest BCUT2D eigenvalue weighted by Crippen LogP contribution is 2.14. The number of unbranched alkanes of at least 4 members (excludes halogenated alkanes) is 2. The van der Waals surface area contributed by atoms with Gasteiger partial charge in [-0.25, -0.2) is 9.67 Å². The number of benzene rings is 1. The number of aromatic nitrogens is 4. The smallest absolute Gasteiger partial charge is 0.297 e. The lowest BCUT2D eigenvalue weighted by molar-refractivity contribution is 0.0365. The van der Waals surface area contributed by atoms with Crippen LogP contribution < -0.4 is 10.4 Å². The molecule has 0 spiro atoms. The van der Waals surface area contributed by atoms with Gasteiger partial charge in [0.2, 0.25) is 0 Å². The number of hydrogen-bond donors (Lipinski definition) is 0. The van der Waals surface area contributed by atoms with Crippen molar-refractivity contribution in [2.45, 2.75) is 26.2 Å². The second kappa shape index (κ2) is 9.19. The van der Waals surface area contributed by atoms with Crippen molar-refractivity contribution in [1.29, 1.82) is 0 Å². The van der Waals surface area contributed by atoms with Gasteiger partial charge in [0.1, 0.15) is 17.8 Å². The van der Waals surface area contributed by atoms with Crippen LogP contribution in [0.15, 0.2) is 41.3 Å². The van der Waals surface area contributed by atoms with Gasteiger partial charge in [-0.05, 0) is 44.9 Å². The maximum absolute atomic E-state index is 12.8. The van der Waals surface area contributed by atoms with Crippen LogP contribution in [0.1, 0.15) is 25.1 Å². The molecule has 0 saturated carbocycles. The summed E-state index contributed by atoms with van der Waals surface area (Å²) in [4.78, 5) is 25.6. The van der Waals surface area contributed by atoms with Crippen LogP contribution in [0.2, 0.25) is 0 Å². The van der Waals surface area contributed by atoms with Gasteiger partial charge < -0.3 is 9.57 Å². The molecule has 2 aromatic heterocycles. The van der Waals surface area contributed by atoms with Crippen LogP contribution in [0.4, 0.5) is 0 Å². The zero-order valence-corrected chi connectivity index (χ0v) is 16.8. The highest BCUT2D eigenvalue weighted by Gasteiger charge is 2.15. The fraction of sp³-hybridized carbons (Fsp3) is 0.476. The minimum absolute atomic E-state index is 0.219. The molecule has 0 amide bonds. The lowest BCUT2D eigenvalue weighted by Crippen LogP contribution is -2.36. The Balaban J connectivity index is 1.36. The van der Waals surface area contributed by atoms with Gasteiger partial charge in [0.15, 0.2) is 5.65 Å². The van der Waals surface area contributed by atoms with Gasteiger partial charge in [-0.1, -0.05) is 18.2 Å². The fourth-order valence-electron chi connectivity index (χ4n) is 3.56. The summed E-state index contributed by atoms with van der Waals surface area (Å²) in [7, 11) is 0. The highest BCUT2D eigenvalue weighted by atomic mass is 16.7. The molecule has 8 heteroatoms. The molecule has 1 aliphatic rings. The zero-order valence-electron chi connectivity index (χ0n) is 16.8. The second-order valence-electron chi connectivity index (χ2n) is 7.24. The van der Waals surface area contributed by atoms with Gasteiger partial charge in [0.25, 0.3) is 5.56 Å². The molecule has 1 aliphatic heterocycles. The number of para-hydroxylation sites is 1.